The molecule has 1 saturated heterocycles. The SMILES string of the molecule is COC1(c2ccnc(C(N)=O)c2)C2CCCC1CN(CC1CC1)C2. The van der Waals surface area contributed by atoms with Gasteiger partial charge in [-0.2, -0.15) is 0 Å². The lowest BCUT2D eigenvalue weighted by Gasteiger charge is -2.55. The number of fused-ring (bicyclic) bond motifs is 2. The fourth-order valence-electron chi connectivity index (χ4n) is 5.07. The molecule has 130 valence electrons. The molecule has 1 aromatic heterocycles. The monoisotopic (exact) mass is 329 g/mol. The van der Waals surface area contributed by atoms with Gasteiger partial charge in [0.05, 0.1) is 0 Å². The number of likely N-dealkylation sites (tertiary alicyclic amines) is 1. The van der Waals surface area contributed by atoms with E-state index in [4.69, 9.17) is 10.5 Å². The van der Waals surface area contributed by atoms with E-state index in [1.807, 2.05) is 19.2 Å². The summed E-state index contributed by atoms with van der Waals surface area (Å²) in [5.41, 5.74) is 6.56. The first kappa shape index (κ1) is 16.0. The smallest absolute Gasteiger partial charge is 0.267 e. The lowest BCUT2D eigenvalue weighted by Crippen LogP contribution is -2.59. The van der Waals surface area contributed by atoms with Crippen molar-refractivity contribution in [1.29, 1.82) is 0 Å². The zero-order valence-electron chi connectivity index (χ0n) is 14.4. The number of nitrogens with zero attached hydrogens (tertiary/aromatic N) is 2. The van der Waals surface area contributed by atoms with Crippen molar-refractivity contribution in [3.63, 3.8) is 0 Å². The Bertz CT molecular complexity index is 615. The van der Waals surface area contributed by atoms with Gasteiger partial charge in [-0.3, -0.25) is 9.78 Å². The van der Waals surface area contributed by atoms with Crippen LogP contribution in [0.1, 0.15) is 48.2 Å². The Balaban J connectivity index is 1.67. The van der Waals surface area contributed by atoms with E-state index < -0.39 is 5.91 Å². The van der Waals surface area contributed by atoms with Crippen LogP contribution in [0.4, 0.5) is 0 Å². The van der Waals surface area contributed by atoms with Crippen LogP contribution in [0.2, 0.25) is 0 Å². The molecule has 1 aliphatic heterocycles. The van der Waals surface area contributed by atoms with Crippen LogP contribution < -0.4 is 5.73 Å². The Kier molecular flexibility index (Phi) is 4.09. The molecule has 4 rings (SSSR count). The first-order chi connectivity index (χ1) is 11.6. The van der Waals surface area contributed by atoms with Gasteiger partial charge in [-0.05, 0) is 49.3 Å². The number of piperidine rings is 1. The molecular formula is C19H27N3O2. The van der Waals surface area contributed by atoms with Crippen molar-refractivity contribution in [2.75, 3.05) is 26.7 Å². The molecule has 2 heterocycles. The predicted molar refractivity (Wildman–Crippen MR) is 91.4 cm³/mol. The number of hydrogen-bond acceptors (Lipinski definition) is 4. The molecule has 2 unspecified atom stereocenters. The second-order valence-corrected chi connectivity index (χ2v) is 7.78. The van der Waals surface area contributed by atoms with Crippen molar-refractivity contribution in [2.45, 2.75) is 37.7 Å². The summed E-state index contributed by atoms with van der Waals surface area (Å²) in [4.78, 5) is 18.3. The summed E-state index contributed by atoms with van der Waals surface area (Å²) in [5.74, 6) is 1.39. The first-order valence-electron chi connectivity index (χ1n) is 9.17. The summed E-state index contributed by atoms with van der Waals surface area (Å²) < 4.78 is 6.23. The lowest BCUT2D eigenvalue weighted by molar-refractivity contribution is -0.169. The maximum atomic E-state index is 11.6. The highest BCUT2D eigenvalue weighted by Gasteiger charge is 2.53. The second-order valence-electron chi connectivity index (χ2n) is 7.78. The van der Waals surface area contributed by atoms with Crippen LogP contribution in [-0.4, -0.2) is 42.5 Å². The number of nitrogens with two attached hydrogens (primary N) is 1. The van der Waals surface area contributed by atoms with Crippen LogP contribution in [0.15, 0.2) is 18.3 Å². The van der Waals surface area contributed by atoms with E-state index in [0.29, 0.717) is 17.5 Å². The van der Waals surface area contributed by atoms with Gasteiger partial charge >= 0.3 is 0 Å². The van der Waals surface area contributed by atoms with E-state index in [2.05, 4.69) is 9.88 Å². The van der Waals surface area contributed by atoms with Gasteiger partial charge in [0.1, 0.15) is 11.3 Å². The Labute approximate surface area is 143 Å². The highest BCUT2D eigenvalue weighted by atomic mass is 16.5. The first-order valence-corrected chi connectivity index (χ1v) is 9.17. The molecule has 0 radical (unpaired) electrons. The standard InChI is InChI=1S/C19H27N3O2/c1-24-19(14-7-8-21-17(9-14)18(20)23)15-3-2-4-16(19)12-22(11-15)10-13-5-6-13/h7-9,13,15-16H,2-6,10-12H2,1H3,(H2,20,23). The molecule has 3 fully saturated rings. The Morgan fingerprint density at radius 3 is 2.62 bits per heavy atom. The van der Waals surface area contributed by atoms with Gasteiger partial charge in [0.25, 0.3) is 5.91 Å². The molecule has 0 aromatic carbocycles. The van der Waals surface area contributed by atoms with Gasteiger partial charge in [-0.1, -0.05) is 6.42 Å². The Hall–Kier alpha value is -1.46. The summed E-state index contributed by atoms with van der Waals surface area (Å²) in [6, 6.07) is 3.87. The summed E-state index contributed by atoms with van der Waals surface area (Å²) in [5, 5.41) is 0. The Morgan fingerprint density at radius 1 is 1.33 bits per heavy atom. The minimum absolute atomic E-state index is 0.300. The average Bonchev–Trinajstić information content (AvgIpc) is 3.38. The number of ether oxygens (including phenoxy) is 1. The van der Waals surface area contributed by atoms with E-state index >= 15 is 0 Å². The van der Waals surface area contributed by atoms with Crippen molar-refractivity contribution in [3.05, 3.63) is 29.6 Å². The van der Waals surface area contributed by atoms with Gasteiger partial charge in [0, 0.05) is 44.8 Å². The maximum Gasteiger partial charge on any atom is 0.267 e. The largest absolute Gasteiger partial charge is 0.373 e. The highest BCUT2D eigenvalue weighted by Crippen LogP contribution is 2.51. The molecule has 2 saturated carbocycles. The molecule has 5 nitrogen and oxygen atoms in total. The van der Waals surface area contributed by atoms with Crippen LogP contribution in [0.25, 0.3) is 0 Å². The number of amides is 1. The van der Waals surface area contributed by atoms with E-state index in [1.54, 1.807) is 6.20 Å². The number of carbonyl (C=O) groups is 1. The average molecular weight is 329 g/mol. The molecule has 3 aliphatic rings. The van der Waals surface area contributed by atoms with Crippen molar-refractivity contribution >= 4 is 5.91 Å². The number of pyridine rings is 1. The number of carbonyl (C=O) groups excluding carboxylic acids is 1. The molecule has 2 N–H and O–H groups in total. The summed E-state index contributed by atoms with van der Waals surface area (Å²) >= 11 is 0. The maximum absolute atomic E-state index is 11.6. The van der Waals surface area contributed by atoms with E-state index in [1.165, 1.54) is 38.6 Å². The summed E-state index contributed by atoms with van der Waals surface area (Å²) in [6.07, 6.45) is 8.12. The third-order valence-electron chi connectivity index (χ3n) is 6.29. The number of hydrogen-bond donors (Lipinski definition) is 1. The quantitative estimate of drug-likeness (QED) is 0.899. The van der Waals surface area contributed by atoms with E-state index in [-0.39, 0.29) is 5.60 Å². The minimum atomic E-state index is -0.473. The molecule has 1 aromatic rings. The number of methoxy groups -OCH3 is 1. The molecule has 5 heteroatoms. The van der Waals surface area contributed by atoms with Gasteiger partial charge in [-0.15, -0.1) is 0 Å². The predicted octanol–water partition coefficient (Wildman–Crippen LogP) is 2.16. The van der Waals surface area contributed by atoms with Gasteiger partial charge < -0.3 is 15.4 Å². The van der Waals surface area contributed by atoms with Crippen molar-refractivity contribution in [1.82, 2.24) is 9.88 Å². The normalized spacial score (nSPS) is 33.4. The lowest BCUT2D eigenvalue weighted by atomic mass is 9.62. The zero-order valence-corrected chi connectivity index (χ0v) is 14.4. The molecule has 2 aliphatic carbocycles. The van der Waals surface area contributed by atoms with Crippen molar-refractivity contribution < 1.29 is 9.53 Å². The van der Waals surface area contributed by atoms with Crippen LogP contribution in [-0.2, 0) is 10.3 Å². The minimum Gasteiger partial charge on any atom is -0.373 e. The Morgan fingerprint density at radius 2 is 2.04 bits per heavy atom. The van der Waals surface area contributed by atoms with E-state index in [9.17, 15) is 4.79 Å². The van der Waals surface area contributed by atoms with Crippen LogP contribution in [0.5, 0.6) is 0 Å². The van der Waals surface area contributed by atoms with Gasteiger partial charge in [-0.25, -0.2) is 0 Å². The third kappa shape index (κ3) is 2.64. The molecule has 0 spiro atoms. The molecule has 2 bridgehead atoms. The fraction of sp³-hybridized carbons (Fsp3) is 0.684. The fourth-order valence-corrected chi connectivity index (χ4v) is 5.07. The van der Waals surface area contributed by atoms with Gasteiger partial charge in [0.2, 0.25) is 0 Å². The molecule has 1 amide bonds. The molecule has 2 atom stereocenters. The van der Waals surface area contributed by atoms with Crippen molar-refractivity contribution in [2.24, 2.45) is 23.5 Å². The highest BCUT2D eigenvalue weighted by molar-refractivity contribution is 5.90. The third-order valence-corrected chi connectivity index (χ3v) is 6.29. The molecule has 24 heavy (non-hydrogen) atoms. The number of primary amides is 1. The van der Waals surface area contributed by atoms with E-state index in [0.717, 1.165) is 24.6 Å². The summed E-state index contributed by atoms with van der Waals surface area (Å²) in [7, 11) is 1.83. The summed E-state index contributed by atoms with van der Waals surface area (Å²) in [6.45, 7) is 3.43. The zero-order chi connectivity index (χ0) is 16.7. The number of aromatic nitrogens is 1. The van der Waals surface area contributed by atoms with Crippen LogP contribution in [0.3, 0.4) is 0 Å². The van der Waals surface area contributed by atoms with Crippen LogP contribution in [0, 0.1) is 17.8 Å². The molecular weight excluding hydrogens is 302 g/mol. The van der Waals surface area contributed by atoms with Crippen LogP contribution >= 0.6 is 0 Å². The topological polar surface area (TPSA) is 68.5 Å². The van der Waals surface area contributed by atoms with Crippen molar-refractivity contribution in [3.8, 4) is 0 Å². The number of rotatable bonds is 5. The second kappa shape index (κ2) is 6.12. The van der Waals surface area contributed by atoms with Gasteiger partial charge in [0.15, 0.2) is 0 Å².